The van der Waals surface area contributed by atoms with Crippen molar-refractivity contribution in [3.05, 3.63) is 29.8 Å². The number of sulfonamides is 1. The van der Waals surface area contributed by atoms with Crippen molar-refractivity contribution < 1.29 is 17.9 Å². The van der Waals surface area contributed by atoms with Gasteiger partial charge in [-0.2, -0.15) is 0 Å². The van der Waals surface area contributed by atoms with E-state index in [9.17, 15) is 13.2 Å². The first-order chi connectivity index (χ1) is 9.64. The van der Waals surface area contributed by atoms with Crippen molar-refractivity contribution in [2.24, 2.45) is 5.92 Å². The lowest BCUT2D eigenvalue weighted by molar-refractivity contribution is 0.0485. The molecule has 21 heavy (non-hydrogen) atoms. The van der Waals surface area contributed by atoms with Gasteiger partial charge in [0.1, 0.15) is 4.33 Å². The van der Waals surface area contributed by atoms with Crippen LogP contribution >= 0.6 is 23.2 Å². The molecule has 1 aromatic carbocycles. The SMILES string of the molecule is CN(C)S(=O)(=O)c1ccc(C(=O)OC[C@@H]2CC2(Cl)Cl)cc1. The third kappa shape index (κ3) is 3.69. The molecule has 1 fully saturated rings. The van der Waals surface area contributed by atoms with Crippen LogP contribution in [-0.4, -0.2) is 43.7 Å². The molecule has 5 nitrogen and oxygen atoms in total. The molecule has 0 N–H and O–H groups in total. The van der Waals surface area contributed by atoms with Crippen LogP contribution in [0.4, 0.5) is 0 Å². The van der Waals surface area contributed by atoms with Crippen molar-refractivity contribution in [3.63, 3.8) is 0 Å². The van der Waals surface area contributed by atoms with Gasteiger partial charge in [-0.3, -0.25) is 0 Å². The Kier molecular flexibility index (Phi) is 4.54. The Hall–Kier alpha value is -0.820. The van der Waals surface area contributed by atoms with Gasteiger partial charge >= 0.3 is 5.97 Å². The normalized spacial score (nSPS) is 20.3. The first-order valence-corrected chi connectivity index (χ1v) is 8.42. The van der Waals surface area contributed by atoms with Gasteiger partial charge < -0.3 is 4.74 Å². The van der Waals surface area contributed by atoms with Crippen molar-refractivity contribution in [3.8, 4) is 0 Å². The number of benzene rings is 1. The third-order valence-corrected chi connectivity index (χ3v) is 6.00. The predicted octanol–water partition coefficient (Wildman–Crippen LogP) is 2.29. The van der Waals surface area contributed by atoms with Crippen LogP contribution in [-0.2, 0) is 14.8 Å². The van der Waals surface area contributed by atoms with Crippen LogP contribution in [0.5, 0.6) is 0 Å². The first kappa shape index (κ1) is 16.5. The quantitative estimate of drug-likeness (QED) is 0.603. The van der Waals surface area contributed by atoms with Crippen LogP contribution in [0, 0.1) is 5.92 Å². The van der Waals surface area contributed by atoms with E-state index >= 15 is 0 Å². The first-order valence-electron chi connectivity index (χ1n) is 6.22. The molecule has 2 rings (SSSR count). The summed E-state index contributed by atoms with van der Waals surface area (Å²) in [6.45, 7) is 0.156. The number of hydrogen-bond donors (Lipinski definition) is 0. The largest absolute Gasteiger partial charge is 0.462 e. The molecule has 0 aromatic heterocycles. The summed E-state index contributed by atoms with van der Waals surface area (Å²) in [4.78, 5) is 11.9. The molecule has 0 saturated heterocycles. The highest BCUT2D eigenvalue weighted by Crippen LogP contribution is 2.53. The number of halogens is 2. The Morgan fingerprint density at radius 1 is 1.33 bits per heavy atom. The zero-order valence-electron chi connectivity index (χ0n) is 11.5. The zero-order valence-corrected chi connectivity index (χ0v) is 13.9. The summed E-state index contributed by atoms with van der Waals surface area (Å²) in [6.07, 6.45) is 0.601. The second-order valence-electron chi connectivity index (χ2n) is 5.07. The molecular formula is C13H15Cl2NO4S. The summed E-state index contributed by atoms with van der Waals surface area (Å²) >= 11 is 11.7. The summed E-state index contributed by atoms with van der Waals surface area (Å²) in [7, 11) is -0.620. The minimum Gasteiger partial charge on any atom is -0.462 e. The van der Waals surface area contributed by atoms with E-state index in [1.807, 2.05) is 0 Å². The molecule has 0 bridgehead atoms. The fraction of sp³-hybridized carbons (Fsp3) is 0.462. The van der Waals surface area contributed by atoms with Crippen molar-refractivity contribution in [2.75, 3.05) is 20.7 Å². The summed E-state index contributed by atoms with van der Waals surface area (Å²) in [5, 5.41) is 0. The predicted molar refractivity (Wildman–Crippen MR) is 80.1 cm³/mol. The van der Waals surface area contributed by atoms with E-state index in [-0.39, 0.29) is 23.0 Å². The van der Waals surface area contributed by atoms with Gasteiger partial charge in [-0.15, -0.1) is 23.2 Å². The van der Waals surface area contributed by atoms with Crippen molar-refractivity contribution in [1.29, 1.82) is 0 Å². The fourth-order valence-corrected chi connectivity index (χ4v) is 3.08. The van der Waals surface area contributed by atoms with Gasteiger partial charge in [0.15, 0.2) is 0 Å². The maximum Gasteiger partial charge on any atom is 0.338 e. The van der Waals surface area contributed by atoms with Crippen molar-refractivity contribution in [1.82, 2.24) is 4.31 Å². The maximum absolute atomic E-state index is 11.9. The molecule has 1 saturated carbocycles. The Morgan fingerprint density at radius 3 is 2.29 bits per heavy atom. The number of esters is 1. The lowest BCUT2D eigenvalue weighted by Crippen LogP contribution is -2.22. The summed E-state index contributed by atoms with van der Waals surface area (Å²) in [5.41, 5.74) is 0.281. The summed E-state index contributed by atoms with van der Waals surface area (Å²) in [5.74, 6) is -0.571. The number of ether oxygens (including phenoxy) is 1. The number of carbonyl (C=O) groups excluding carboxylic acids is 1. The highest BCUT2D eigenvalue weighted by Gasteiger charge is 2.52. The third-order valence-electron chi connectivity index (χ3n) is 3.24. The van der Waals surface area contributed by atoms with Crippen LogP contribution in [0.3, 0.4) is 0 Å². The number of hydrogen-bond acceptors (Lipinski definition) is 4. The minimum absolute atomic E-state index is 0.0434. The molecule has 1 aliphatic rings. The zero-order chi connectivity index (χ0) is 15.8. The standard InChI is InChI=1S/C13H15Cl2NO4S/c1-16(2)21(18,19)11-5-3-9(4-6-11)12(17)20-8-10-7-13(10,14)15/h3-6,10H,7-8H2,1-2H3/t10-/m0/s1. The van der Waals surface area contributed by atoms with Gasteiger partial charge in [-0.1, -0.05) is 0 Å². The van der Waals surface area contributed by atoms with Crippen LogP contribution < -0.4 is 0 Å². The van der Waals surface area contributed by atoms with Crippen LogP contribution in [0.25, 0.3) is 0 Å². The molecule has 0 radical (unpaired) electrons. The molecule has 0 amide bonds. The van der Waals surface area contributed by atoms with Crippen molar-refractivity contribution in [2.45, 2.75) is 15.6 Å². The molecule has 0 heterocycles. The van der Waals surface area contributed by atoms with E-state index in [0.29, 0.717) is 6.42 Å². The fourth-order valence-electron chi connectivity index (χ4n) is 1.68. The Balaban J connectivity index is 2.00. The summed E-state index contributed by atoms with van der Waals surface area (Å²) < 4.78 is 29.2. The monoisotopic (exact) mass is 351 g/mol. The van der Waals surface area contributed by atoms with Gasteiger partial charge in [0, 0.05) is 20.0 Å². The lowest BCUT2D eigenvalue weighted by atomic mass is 10.2. The number of carbonyl (C=O) groups is 1. The van der Waals surface area contributed by atoms with E-state index in [0.717, 1.165) is 4.31 Å². The second-order valence-corrected chi connectivity index (χ2v) is 8.77. The van der Waals surface area contributed by atoms with Gasteiger partial charge in [-0.05, 0) is 30.7 Å². The van der Waals surface area contributed by atoms with E-state index in [1.165, 1.54) is 38.4 Å². The Bertz CT molecular complexity index is 641. The van der Waals surface area contributed by atoms with Gasteiger partial charge in [-0.25, -0.2) is 17.5 Å². The number of rotatable bonds is 5. The van der Waals surface area contributed by atoms with Crippen molar-refractivity contribution >= 4 is 39.2 Å². The number of nitrogens with zero attached hydrogens (tertiary/aromatic N) is 1. The second kappa shape index (κ2) is 5.76. The summed E-state index contributed by atoms with van der Waals surface area (Å²) in [6, 6.07) is 5.58. The van der Waals surface area contributed by atoms with Crippen LogP contribution in [0.2, 0.25) is 0 Å². The molecule has 8 heteroatoms. The molecule has 116 valence electrons. The highest BCUT2D eigenvalue weighted by molar-refractivity contribution is 7.89. The molecule has 0 aliphatic heterocycles. The lowest BCUT2D eigenvalue weighted by Gasteiger charge is -2.11. The van der Waals surface area contributed by atoms with Crippen LogP contribution in [0.15, 0.2) is 29.2 Å². The average Bonchev–Trinajstić information content (AvgIpc) is 3.03. The molecule has 1 aromatic rings. The van der Waals surface area contributed by atoms with Gasteiger partial charge in [0.2, 0.25) is 10.0 Å². The molecule has 0 unspecified atom stereocenters. The van der Waals surface area contributed by atoms with E-state index < -0.39 is 20.3 Å². The topological polar surface area (TPSA) is 63.7 Å². The highest BCUT2D eigenvalue weighted by atomic mass is 35.5. The number of alkyl halides is 2. The van der Waals surface area contributed by atoms with E-state index in [1.54, 1.807) is 0 Å². The molecule has 0 spiro atoms. The van der Waals surface area contributed by atoms with E-state index in [2.05, 4.69) is 0 Å². The Labute approximate surface area is 133 Å². The van der Waals surface area contributed by atoms with Crippen LogP contribution in [0.1, 0.15) is 16.8 Å². The minimum atomic E-state index is -3.50. The average molecular weight is 352 g/mol. The van der Waals surface area contributed by atoms with E-state index in [4.69, 9.17) is 27.9 Å². The smallest absolute Gasteiger partial charge is 0.338 e. The molecular weight excluding hydrogens is 337 g/mol. The maximum atomic E-state index is 11.9. The van der Waals surface area contributed by atoms with Gasteiger partial charge in [0.05, 0.1) is 17.1 Å². The Morgan fingerprint density at radius 2 is 1.86 bits per heavy atom. The van der Waals surface area contributed by atoms with Gasteiger partial charge in [0.25, 0.3) is 0 Å². The molecule has 1 atom stereocenters. The molecule has 1 aliphatic carbocycles.